The van der Waals surface area contributed by atoms with Crippen molar-refractivity contribution in [3.63, 3.8) is 0 Å². The van der Waals surface area contributed by atoms with Gasteiger partial charge in [0.25, 0.3) is 0 Å². The van der Waals surface area contributed by atoms with E-state index in [1.165, 1.54) is 0 Å². The molecule has 74 valence electrons. The molecule has 0 saturated heterocycles. The van der Waals surface area contributed by atoms with Crippen LogP contribution in [0.15, 0.2) is 0 Å². The van der Waals surface area contributed by atoms with Gasteiger partial charge in [-0.15, -0.1) is 0 Å². The lowest BCUT2D eigenvalue weighted by Crippen LogP contribution is -2.20. The van der Waals surface area contributed by atoms with Gasteiger partial charge >= 0.3 is 0 Å². The van der Waals surface area contributed by atoms with Crippen LogP contribution in [0, 0.1) is 5.92 Å². The highest BCUT2D eigenvalue weighted by Gasteiger charge is 2.19. The summed E-state index contributed by atoms with van der Waals surface area (Å²) in [5.74, 6) is 0.678. The molecule has 1 atom stereocenters. The molecule has 0 rings (SSSR count). The lowest BCUT2D eigenvalue weighted by Gasteiger charge is -2.25. The van der Waals surface area contributed by atoms with Crippen LogP contribution in [0.3, 0.4) is 0 Å². The van der Waals surface area contributed by atoms with Crippen LogP contribution in [0.25, 0.3) is 0 Å². The topological polar surface area (TPSA) is 20.2 Å². The first kappa shape index (κ1) is 12.3. The molecule has 0 radical (unpaired) electrons. The molecule has 1 N–H and O–H groups in total. The van der Waals surface area contributed by atoms with Crippen LogP contribution >= 0.6 is 11.8 Å². The molecule has 0 amide bonds. The Labute approximate surface area is 80.9 Å². The van der Waals surface area contributed by atoms with Crippen molar-refractivity contribution >= 4 is 11.8 Å². The maximum absolute atomic E-state index is 9.12. The highest BCUT2D eigenvalue weighted by molar-refractivity contribution is 8.01. The SMILES string of the molecule is CC(C)C[C@@H](CO)SC(C)(C)C. The van der Waals surface area contributed by atoms with Crippen molar-refractivity contribution in [2.45, 2.75) is 51.0 Å². The van der Waals surface area contributed by atoms with Crippen molar-refractivity contribution in [3.8, 4) is 0 Å². The minimum absolute atomic E-state index is 0.266. The molecule has 2 heteroatoms. The van der Waals surface area contributed by atoms with E-state index in [1.54, 1.807) is 0 Å². The zero-order valence-corrected chi connectivity index (χ0v) is 9.74. The highest BCUT2D eigenvalue weighted by Crippen LogP contribution is 2.31. The zero-order valence-electron chi connectivity index (χ0n) is 8.92. The minimum atomic E-state index is 0.266. The Morgan fingerprint density at radius 3 is 2.00 bits per heavy atom. The summed E-state index contributed by atoms with van der Waals surface area (Å²) in [6.07, 6.45) is 1.11. The summed E-state index contributed by atoms with van der Waals surface area (Å²) in [6.45, 7) is 11.3. The molecular weight excluding hydrogens is 168 g/mol. The summed E-state index contributed by atoms with van der Waals surface area (Å²) in [7, 11) is 0. The predicted molar refractivity (Wildman–Crippen MR) is 57.7 cm³/mol. The molecule has 0 aromatic carbocycles. The van der Waals surface area contributed by atoms with Gasteiger partial charge in [-0.25, -0.2) is 0 Å². The summed E-state index contributed by atoms with van der Waals surface area (Å²) < 4.78 is 0.266. The number of aliphatic hydroxyl groups is 1. The number of rotatable bonds is 4. The average molecular weight is 190 g/mol. The third-order valence-corrected chi connectivity index (χ3v) is 2.84. The third-order valence-electron chi connectivity index (χ3n) is 1.46. The molecule has 0 aliphatic heterocycles. The molecule has 0 aliphatic rings. The lowest BCUT2D eigenvalue weighted by atomic mass is 10.1. The van der Waals surface area contributed by atoms with Crippen LogP contribution in [0.5, 0.6) is 0 Å². The maximum Gasteiger partial charge on any atom is 0.0550 e. The molecular formula is C10H22OS. The summed E-state index contributed by atoms with van der Waals surface area (Å²) in [5.41, 5.74) is 0. The van der Waals surface area contributed by atoms with E-state index in [4.69, 9.17) is 5.11 Å². The van der Waals surface area contributed by atoms with E-state index in [1.807, 2.05) is 11.8 Å². The molecule has 1 nitrogen and oxygen atoms in total. The third kappa shape index (κ3) is 6.99. The molecule has 12 heavy (non-hydrogen) atoms. The van der Waals surface area contributed by atoms with Crippen LogP contribution in [-0.2, 0) is 0 Å². The smallest absolute Gasteiger partial charge is 0.0550 e. The number of thioether (sulfide) groups is 1. The Bertz CT molecular complexity index is 115. The first-order valence-electron chi connectivity index (χ1n) is 4.64. The van der Waals surface area contributed by atoms with E-state index in [2.05, 4.69) is 34.6 Å². The van der Waals surface area contributed by atoms with E-state index in [9.17, 15) is 0 Å². The Morgan fingerprint density at radius 2 is 1.75 bits per heavy atom. The van der Waals surface area contributed by atoms with Gasteiger partial charge in [-0.05, 0) is 12.3 Å². The van der Waals surface area contributed by atoms with Gasteiger partial charge < -0.3 is 5.11 Å². The maximum atomic E-state index is 9.12. The minimum Gasteiger partial charge on any atom is -0.395 e. The Kier molecular flexibility index (Phi) is 5.26. The Hall–Kier alpha value is 0.310. The van der Waals surface area contributed by atoms with Crippen LogP contribution in [0.4, 0.5) is 0 Å². The average Bonchev–Trinajstić information content (AvgIpc) is 1.82. The van der Waals surface area contributed by atoms with E-state index in [-0.39, 0.29) is 4.75 Å². The van der Waals surface area contributed by atoms with Crippen LogP contribution < -0.4 is 0 Å². The van der Waals surface area contributed by atoms with E-state index < -0.39 is 0 Å². The highest BCUT2D eigenvalue weighted by atomic mass is 32.2. The van der Waals surface area contributed by atoms with Crippen molar-refractivity contribution in [1.82, 2.24) is 0 Å². The molecule has 0 fully saturated rings. The standard InChI is InChI=1S/C10H22OS/c1-8(2)6-9(7-11)12-10(3,4)5/h8-9,11H,6-7H2,1-5H3/t9-/m0/s1. The fourth-order valence-electron chi connectivity index (χ4n) is 1.19. The van der Waals surface area contributed by atoms with Crippen LogP contribution in [-0.4, -0.2) is 21.7 Å². The second-order valence-corrected chi connectivity index (χ2v) is 6.79. The van der Waals surface area contributed by atoms with E-state index >= 15 is 0 Å². The Balaban J connectivity index is 3.83. The van der Waals surface area contributed by atoms with Crippen LogP contribution in [0.2, 0.25) is 0 Å². The van der Waals surface area contributed by atoms with Crippen molar-refractivity contribution < 1.29 is 5.11 Å². The second kappa shape index (κ2) is 5.13. The molecule has 0 aliphatic carbocycles. The largest absolute Gasteiger partial charge is 0.395 e. The molecule has 0 aromatic rings. The van der Waals surface area contributed by atoms with Crippen LogP contribution in [0.1, 0.15) is 41.0 Å². The van der Waals surface area contributed by atoms with E-state index in [0.717, 1.165) is 6.42 Å². The van der Waals surface area contributed by atoms with Gasteiger partial charge in [0.15, 0.2) is 0 Å². The van der Waals surface area contributed by atoms with Gasteiger partial charge in [-0.3, -0.25) is 0 Å². The van der Waals surface area contributed by atoms with E-state index in [0.29, 0.717) is 17.8 Å². The summed E-state index contributed by atoms with van der Waals surface area (Å²) in [4.78, 5) is 0. The summed E-state index contributed by atoms with van der Waals surface area (Å²) >= 11 is 1.88. The van der Waals surface area contributed by atoms with Crippen molar-refractivity contribution in [3.05, 3.63) is 0 Å². The van der Waals surface area contributed by atoms with Gasteiger partial charge in [0.2, 0.25) is 0 Å². The first-order valence-corrected chi connectivity index (χ1v) is 5.52. The van der Waals surface area contributed by atoms with Gasteiger partial charge in [0.05, 0.1) is 6.61 Å². The number of aliphatic hydroxyl groups excluding tert-OH is 1. The Morgan fingerprint density at radius 1 is 1.25 bits per heavy atom. The van der Waals surface area contributed by atoms with Gasteiger partial charge in [-0.2, -0.15) is 11.8 Å². The quantitative estimate of drug-likeness (QED) is 0.735. The molecule has 0 bridgehead atoms. The molecule has 0 heterocycles. The summed E-state index contributed by atoms with van der Waals surface area (Å²) in [5, 5.41) is 9.52. The second-order valence-electron chi connectivity index (χ2n) is 4.66. The molecule has 0 spiro atoms. The van der Waals surface area contributed by atoms with Crippen molar-refractivity contribution in [2.24, 2.45) is 5.92 Å². The first-order chi connectivity index (χ1) is 5.35. The zero-order chi connectivity index (χ0) is 9.78. The normalized spacial score (nSPS) is 15.2. The van der Waals surface area contributed by atoms with Gasteiger partial charge in [0.1, 0.15) is 0 Å². The number of hydrogen-bond acceptors (Lipinski definition) is 2. The predicted octanol–water partition coefficient (Wildman–Crippen LogP) is 2.93. The fourth-order valence-corrected chi connectivity index (χ4v) is 2.74. The lowest BCUT2D eigenvalue weighted by molar-refractivity contribution is 0.282. The monoisotopic (exact) mass is 190 g/mol. The summed E-state index contributed by atoms with van der Waals surface area (Å²) in [6, 6.07) is 0. The molecule has 0 unspecified atom stereocenters. The van der Waals surface area contributed by atoms with Crippen molar-refractivity contribution in [2.75, 3.05) is 6.61 Å². The molecule has 0 aromatic heterocycles. The van der Waals surface area contributed by atoms with Gasteiger partial charge in [0, 0.05) is 10.00 Å². The molecule has 0 saturated carbocycles. The van der Waals surface area contributed by atoms with Gasteiger partial charge in [-0.1, -0.05) is 34.6 Å². The number of hydrogen-bond donors (Lipinski definition) is 1. The van der Waals surface area contributed by atoms with Crippen molar-refractivity contribution in [1.29, 1.82) is 0 Å². The fraction of sp³-hybridized carbons (Fsp3) is 1.00.